The van der Waals surface area contributed by atoms with E-state index in [-0.39, 0.29) is 24.2 Å². The maximum atomic E-state index is 11.8. The molecule has 0 bridgehead atoms. The first-order valence-electron chi connectivity index (χ1n) is 6.21. The van der Waals surface area contributed by atoms with Crippen molar-refractivity contribution in [1.29, 1.82) is 0 Å². The van der Waals surface area contributed by atoms with Crippen molar-refractivity contribution in [3.8, 4) is 11.5 Å². The number of hydrogen-bond donors (Lipinski definition) is 1. The molecule has 2 rings (SSSR count). The van der Waals surface area contributed by atoms with E-state index in [1.54, 1.807) is 35.6 Å². The molecule has 2 aromatic rings. The molecule has 1 heterocycles. The predicted molar refractivity (Wildman–Crippen MR) is 77.1 cm³/mol. The molecule has 0 amide bonds. The number of esters is 1. The summed E-state index contributed by atoms with van der Waals surface area (Å²) in [5.41, 5.74) is 0. The van der Waals surface area contributed by atoms with Crippen molar-refractivity contribution in [3.63, 3.8) is 0 Å². The standard InChI is InChI=1S/C15H16O4S/c1-18-15(17)11(9-14-3-2-8-20-14)10-19-13-6-4-12(16)5-7-13/h2-8,11,16H,9-10H2,1H3. The quantitative estimate of drug-likeness (QED) is 0.832. The van der Waals surface area contributed by atoms with Gasteiger partial charge in [0.2, 0.25) is 0 Å². The van der Waals surface area contributed by atoms with Crippen LogP contribution >= 0.6 is 11.3 Å². The first-order chi connectivity index (χ1) is 9.69. The topological polar surface area (TPSA) is 55.8 Å². The maximum Gasteiger partial charge on any atom is 0.312 e. The summed E-state index contributed by atoms with van der Waals surface area (Å²) < 4.78 is 10.4. The summed E-state index contributed by atoms with van der Waals surface area (Å²) in [6.07, 6.45) is 0.600. The molecule has 1 atom stereocenters. The smallest absolute Gasteiger partial charge is 0.312 e. The van der Waals surface area contributed by atoms with Gasteiger partial charge in [-0.1, -0.05) is 6.07 Å². The van der Waals surface area contributed by atoms with Crippen molar-refractivity contribution in [1.82, 2.24) is 0 Å². The second-order valence-electron chi connectivity index (χ2n) is 4.31. The van der Waals surface area contributed by atoms with Crippen LogP contribution in [0, 0.1) is 5.92 Å². The molecule has 0 spiro atoms. The lowest BCUT2D eigenvalue weighted by molar-refractivity contribution is -0.146. The Labute approximate surface area is 121 Å². The van der Waals surface area contributed by atoms with E-state index >= 15 is 0 Å². The highest BCUT2D eigenvalue weighted by molar-refractivity contribution is 7.09. The molecule has 5 heteroatoms. The maximum absolute atomic E-state index is 11.8. The monoisotopic (exact) mass is 292 g/mol. The summed E-state index contributed by atoms with van der Waals surface area (Å²) in [6.45, 7) is 0.245. The lowest BCUT2D eigenvalue weighted by atomic mass is 10.1. The zero-order valence-corrected chi connectivity index (χ0v) is 11.9. The van der Waals surface area contributed by atoms with Gasteiger partial charge in [-0.3, -0.25) is 4.79 Å². The lowest BCUT2D eigenvalue weighted by Crippen LogP contribution is -2.25. The fourth-order valence-electron chi connectivity index (χ4n) is 1.79. The van der Waals surface area contributed by atoms with E-state index < -0.39 is 0 Å². The first-order valence-corrected chi connectivity index (χ1v) is 7.09. The molecule has 1 N–H and O–H groups in total. The Morgan fingerprint density at radius 3 is 2.65 bits per heavy atom. The van der Waals surface area contributed by atoms with Crippen LogP contribution in [0.15, 0.2) is 41.8 Å². The normalized spacial score (nSPS) is 11.8. The molecule has 0 saturated heterocycles. The summed E-state index contributed by atoms with van der Waals surface area (Å²) in [7, 11) is 1.38. The van der Waals surface area contributed by atoms with Crippen LogP contribution in [-0.4, -0.2) is 24.8 Å². The van der Waals surface area contributed by atoms with Gasteiger partial charge in [0.05, 0.1) is 13.0 Å². The Morgan fingerprint density at radius 2 is 2.05 bits per heavy atom. The van der Waals surface area contributed by atoms with Gasteiger partial charge in [0.15, 0.2) is 0 Å². The Balaban J connectivity index is 1.97. The second-order valence-corrected chi connectivity index (χ2v) is 5.34. The summed E-state index contributed by atoms with van der Waals surface area (Å²) in [6, 6.07) is 10.4. The predicted octanol–water partition coefficient (Wildman–Crippen LogP) is 2.86. The summed E-state index contributed by atoms with van der Waals surface area (Å²) >= 11 is 1.61. The lowest BCUT2D eigenvalue weighted by Gasteiger charge is -2.15. The zero-order valence-electron chi connectivity index (χ0n) is 11.1. The number of aromatic hydroxyl groups is 1. The van der Waals surface area contributed by atoms with Gasteiger partial charge in [-0.25, -0.2) is 0 Å². The third-order valence-corrected chi connectivity index (χ3v) is 3.75. The number of methoxy groups -OCH3 is 1. The SMILES string of the molecule is COC(=O)C(COc1ccc(O)cc1)Cc1cccs1. The minimum Gasteiger partial charge on any atom is -0.508 e. The van der Waals surface area contributed by atoms with Crippen molar-refractivity contribution in [2.75, 3.05) is 13.7 Å². The number of hydrogen-bond acceptors (Lipinski definition) is 5. The van der Waals surface area contributed by atoms with Gasteiger partial charge in [0, 0.05) is 4.88 Å². The van der Waals surface area contributed by atoms with E-state index in [9.17, 15) is 9.90 Å². The van der Waals surface area contributed by atoms with Crippen LogP contribution < -0.4 is 4.74 Å². The molecule has 1 aromatic carbocycles. The molecule has 0 aliphatic heterocycles. The molecule has 0 saturated carbocycles. The number of phenolic OH excluding ortho intramolecular Hbond substituents is 1. The van der Waals surface area contributed by atoms with Crippen molar-refractivity contribution >= 4 is 17.3 Å². The number of carbonyl (C=O) groups excluding carboxylic acids is 1. The number of thiophene rings is 1. The largest absolute Gasteiger partial charge is 0.508 e. The molecule has 4 nitrogen and oxygen atoms in total. The molecule has 0 radical (unpaired) electrons. The zero-order chi connectivity index (χ0) is 14.4. The highest BCUT2D eigenvalue weighted by Crippen LogP contribution is 2.19. The van der Waals surface area contributed by atoms with Gasteiger partial charge in [0.25, 0.3) is 0 Å². The minimum atomic E-state index is -0.340. The summed E-state index contributed by atoms with van der Waals surface area (Å²) in [5, 5.41) is 11.2. The second kappa shape index (κ2) is 6.96. The van der Waals surface area contributed by atoms with Crippen molar-refractivity contribution in [2.24, 2.45) is 5.92 Å². The molecule has 0 aliphatic carbocycles. The van der Waals surface area contributed by atoms with Crippen molar-refractivity contribution in [2.45, 2.75) is 6.42 Å². The van der Waals surface area contributed by atoms with Crippen molar-refractivity contribution < 1.29 is 19.4 Å². The Hall–Kier alpha value is -2.01. The van der Waals surface area contributed by atoms with Crippen LogP contribution in [0.5, 0.6) is 11.5 Å². The van der Waals surface area contributed by atoms with Gasteiger partial charge in [0.1, 0.15) is 18.1 Å². The summed E-state index contributed by atoms with van der Waals surface area (Å²) in [4.78, 5) is 12.9. The third-order valence-electron chi connectivity index (χ3n) is 2.85. The molecule has 106 valence electrons. The summed E-state index contributed by atoms with van der Waals surface area (Å²) in [5.74, 6) is 0.174. The number of phenols is 1. The van der Waals surface area contributed by atoms with Gasteiger partial charge in [-0.15, -0.1) is 11.3 Å². The molecule has 1 aromatic heterocycles. The minimum absolute atomic E-state index is 0.181. The number of carbonyl (C=O) groups is 1. The molecular weight excluding hydrogens is 276 g/mol. The molecule has 0 aliphatic rings. The highest BCUT2D eigenvalue weighted by atomic mass is 32.1. The van der Waals surface area contributed by atoms with Gasteiger partial charge in [-0.2, -0.15) is 0 Å². The number of ether oxygens (including phenoxy) is 2. The fraction of sp³-hybridized carbons (Fsp3) is 0.267. The van der Waals surface area contributed by atoms with E-state index in [1.165, 1.54) is 7.11 Å². The van der Waals surface area contributed by atoms with Crippen LogP contribution in [0.25, 0.3) is 0 Å². The van der Waals surface area contributed by atoms with Crippen LogP contribution in [0.1, 0.15) is 4.88 Å². The average molecular weight is 292 g/mol. The van der Waals surface area contributed by atoms with E-state index in [1.807, 2.05) is 17.5 Å². The van der Waals surface area contributed by atoms with E-state index in [4.69, 9.17) is 9.47 Å². The Kier molecular flexibility index (Phi) is 5.01. The van der Waals surface area contributed by atoms with Gasteiger partial charge < -0.3 is 14.6 Å². The van der Waals surface area contributed by atoms with E-state index in [2.05, 4.69) is 0 Å². The third kappa shape index (κ3) is 3.99. The molecule has 1 unspecified atom stereocenters. The number of rotatable bonds is 6. The van der Waals surface area contributed by atoms with E-state index in [0.29, 0.717) is 12.2 Å². The molecular formula is C15H16O4S. The average Bonchev–Trinajstić information content (AvgIpc) is 2.97. The van der Waals surface area contributed by atoms with Crippen LogP contribution in [0.4, 0.5) is 0 Å². The molecule has 0 fully saturated rings. The molecule has 20 heavy (non-hydrogen) atoms. The van der Waals surface area contributed by atoms with Crippen LogP contribution in [0.3, 0.4) is 0 Å². The Bertz CT molecular complexity index is 534. The van der Waals surface area contributed by atoms with Crippen LogP contribution in [-0.2, 0) is 16.0 Å². The highest BCUT2D eigenvalue weighted by Gasteiger charge is 2.21. The van der Waals surface area contributed by atoms with Gasteiger partial charge >= 0.3 is 5.97 Å². The van der Waals surface area contributed by atoms with Crippen LogP contribution in [0.2, 0.25) is 0 Å². The first kappa shape index (κ1) is 14.4. The number of benzene rings is 1. The Morgan fingerprint density at radius 1 is 1.30 bits per heavy atom. The van der Waals surface area contributed by atoms with Gasteiger partial charge in [-0.05, 0) is 42.1 Å². The fourth-order valence-corrected chi connectivity index (χ4v) is 2.57. The van der Waals surface area contributed by atoms with E-state index in [0.717, 1.165) is 4.88 Å². The van der Waals surface area contributed by atoms with Crippen molar-refractivity contribution in [3.05, 3.63) is 46.7 Å².